The van der Waals surface area contributed by atoms with Gasteiger partial charge >= 0.3 is 0 Å². The number of anilines is 3. The molecule has 0 atom stereocenters. The first-order chi connectivity index (χ1) is 30.5. The minimum absolute atomic E-state index is 0.225. The van der Waals surface area contributed by atoms with Gasteiger partial charge in [-0.25, -0.2) is 0 Å². The summed E-state index contributed by atoms with van der Waals surface area (Å²) < 4.78 is 0. The molecule has 0 spiro atoms. The van der Waals surface area contributed by atoms with Crippen molar-refractivity contribution in [3.05, 3.63) is 248 Å². The van der Waals surface area contributed by atoms with E-state index in [1.54, 1.807) is 0 Å². The monoisotopic (exact) mass is 791 g/mol. The molecule has 0 N–H and O–H groups in total. The van der Waals surface area contributed by atoms with Gasteiger partial charge in [0.2, 0.25) is 0 Å². The molecule has 0 heterocycles. The van der Waals surface area contributed by atoms with Crippen LogP contribution in [-0.4, -0.2) is 0 Å². The maximum Gasteiger partial charge on any atom is 0.0540 e. The Bertz CT molecular complexity index is 3230. The van der Waals surface area contributed by atoms with Gasteiger partial charge < -0.3 is 4.90 Å². The third-order valence-corrected chi connectivity index (χ3v) is 12.9. The number of benzene rings is 10. The van der Waals surface area contributed by atoms with Crippen LogP contribution in [0.25, 0.3) is 77.5 Å². The number of hydrogen-bond donors (Lipinski definition) is 0. The molecular weight excluding hydrogens is 747 g/mol. The van der Waals surface area contributed by atoms with Crippen molar-refractivity contribution >= 4 is 27.8 Å². The molecule has 1 heteroatoms. The summed E-state index contributed by atoms with van der Waals surface area (Å²) in [4.78, 5) is 2.45. The Morgan fingerprint density at radius 2 is 0.774 bits per heavy atom. The van der Waals surface area contributed by atoms with E-state index in [4.69, 9.17) is 0 Å². The van der Waals surface area contributed by atoms with Crippen LogP contribution in [0.15, 0.2) is 237 Å². The van der Waals surface area contributed by atoms with E-state index < -0.39 is 0 Å². The van der Waals surface area contributed by atoms with Crippen molar-refractivity contribution in [2.75, 3.05) is 4.90 Å². The molecule has 1 aliphatic rings. The van der Waals surface area contributed by atoms with Crippen LogP contribution < -0.4 is 4.90 Å². The highest BCUT2D eigenvalue weighted by atomic mass is 15.1. The van der Waals surface area contributed by atoms with Crippen molar-refractivity contribution in [1.29, 1.82) is 0 Å². The molecule has 0 saturated heterocycles. The lowest BCUT2D eigenvalue weighted by Gasteiger charge is -2.30. The number of para-hydroxylation sites is 1. The Labute approximate surface area is 364 Å². The van der Waals surface area contributed by atoms with E-state index in [1.165, 1.54) is 88.7 Å². The smallest absolute Gasteiger partial charge is 0.0540 e. The summed E-state index contributed by atoms with van der Waals surface area (Å²) >= 11 is 0. The Hall–Kier alpha value is -7.74. The standard InChI is InChI=1S/C61H45N/c1-61(2)56-33-18-32-54(53-29-13-12-27-49(53)42-19-6-3-7-20-42)60(56)55-40-39-48(41-57(55)61)62(58-34-15-14-28-50(58)43-21-8-4-9-22-43)47-37-35-45(36-38-47)52-31-17-26-46-25-16-30-51(59(46)52)44-23-10-5-11-24-44/h3-41H,1-2H3. The average Bonchev–Trinajstić information content (AvgIpc) is 3.57. The molecule has 1 aliphatic carbocycles. The first-order valence-corrected chi connectivity index (χ1v) is 21.6. The van der Waals surface area contributed by atoms with E-state index in [2.05, 4.69) is 255 Å². The number of rotatable bonds is 8. The van der Waals surface area contributed by atoms with Gasteiger partial charge in [-0.1, -0.05) is 220 Å². The van der Waals surface area contributed by atoms with Crippen LogP contribution in [0, 0.1) is 0 Å². The van der Waals surface area contributed by atoms with Crippen LogP contribution >= 0.6 is 0 Å². The van der Waals surface area contributed by atoms with Crippen LogP contribution in [0.4, 0.5) is 17.1 Å². The third kappa shape index (κ3) is 6.33. The SMILES string of the molecule is CC1(C)c2cc(N(c3ccc(-c4cccc5cccc(-c6ccccc6)c45)cc3)c3ccccc3-c3ccccc3)ccc2-c2c(-c3ccccc3-c3ccccc3)cccc21. The number of fused-ring (bicyclic) bond motifs is 4. The van der Waals surface area contributed by atoms with Crippen molar-refractivity contribution in [3.8, 4) is 66.8 Å². The first-order valence-electron chi connectivity index (χ1n) is 21.6. The molecule has 294 valence electrons. The molecule has 11 rings (SSSR count). The summed E-state index contributed by atoms with van der Waals surface area (Å²) in [6.07, 6.45) is 0. The van der Waals surface area contributed by atoms with Crippen LogP contribution in [0.1, 0.15) is 25.0 Å². The van der Waals surface area contributed by atoms with Crippen molar-refractivity contribution < 1.29 is 0 Å². The van der Waals surface area contributed by atoms with Crippen molar-refractivity contribution in [2.45, 2.75) is 19.3 Å². The molecule has 62 heavy (non-hydrogen) atoms. The first kappa shape index (κ1) is 37.3. The van der Waals surface area contributed by atoms with E-state index in [-0.39, 0.29) is 5.41 Å². The molecule has 0 bridgehead atoms. The van der Waals surface area contributed by atoms with Gasteiger partial charge in [-0.2, -0.15) is 0 Å². The minimum atomic E-state index is -0.225. The molecule has 0 fully saturated rings. The normalized spacial score (nSPS) is 12.5. The molecule has 0 aromatic heterocycles. The van der Waals surface area contributed by atoms with Gasteiger partial charge in [-0.05, 0) is 113 Å². The van der Waals surface area contributed by atoms with E-state index in [0.717, 1.165) is 17.1 Å². The topological polar surface area (TPSA) is 3.24 Å². The Morgan fingerprint density at radius 3 is 1.42 bits per heavy atom. The van der Waals surface area contributed by atoms with E-state index in [0.29, 0.717) is 0 Å². The van der Waals surface area contributed by atoms with Crippen molar-refractivity contribution in [1.82, 2.24) is 0 Å². The quantitative estimate of drug-likeness (QED) is 0.148. The van der Waals surface area contributed by atoms with Gasteiger partial charge in [0.05, 0.1) is 5.69 Å². The van der Waals surface area contributed by atoms with Gasteiger partial charge in [0.1, 0.15) is 0 Å². The highest BCUT2D eigenvalue weighted by Gasteiger charge is 2.38. The number of nitrogens with zero attached hydrogens (tertiary/aromatic N) is 1. The fourth-order valence-electron chi connectivity index (χ4n) is 9.91. The zero-order valence-corrected chi connectivity index (χ0v) is 35.0. The maximum atomic E-state index is 2.45. The lowest BCUT2D eigenvalue weighted by atomic mass is 9.81. The van der Waals surface area contributed by atoms with Gasteiger partial charge in [0, 0.05) is 22.4 Å². The van der Waals surface area contributed by atoms with E-state index in [9.17, 15) is 0 Å². The summed E-state index contributed by atoms with van der Waals surface area (Å²) in [7, 11) is 0. The maximum absolute atomic E-state index is 2.45. The average molecular weight is 792 g/mol. The molecule has 0 radical (unpaired) electrons. The van der Waals surface area contributed by atoms with Gasteiger partial charge in [-0.3, -0.25) is 0 Å². The Kier molecular flexibility index (Phi) is 9.24. The molecule has 10 aromatic rings. The molecule has 0 aliphatic heterocycles. The summed E-state index contributed by atoms with van der Waals surface area (Å²) in [6.45, 7) is 4.78. The lowest BCUT2D eigenvalue weighted by molar-refractivity contribution is 0.660. The second-order valence-corrected chi connectivity index (χ2v) is 16.8. The second kappa shape index (κ2) is 15.4. The predicted molar refractivity (Wildman–Crippen MR) is 263 cm³/mol. The van der Waals surface area contributed by atoms with Gasteiger partial charge in [0.25, 0.3) is 0 Å². The van der Waals surface area contributed by atoms with Crippen molar-refractivity contribution in [3.63, 3.8) is 0 Å². The fourth-order valence-corrected chi connectivity index (χ4v) is 9.91. The van der Waals surface area contributed by atoms with Gasteiger partial charge in [-0.15, -0.1) is 0 Å². The van der Waals surface area contributed by atoms with Gasteiger partial charge in [0.15, 0.2) is 0 Å². The Morgan fingerprint density at radius 1 is 0.306 bits per heavy atom. The van der Waals surface area contributed by atoms with Crippen LogP contribution in [0.2, 0.25) is 0 Å². The molecule has 10 aromatic carbocycles. The Balaban J connectivity index is 1.07. The van der Waals surface area contributed by atoms with E-state index >= 15 is 0 Å². The van der Waals surface area contributed by atoms with E-state index in [1.807, 2.05) is 0 Å². The zero-order valence-electron chi connectivity index (χ0n) is 35.0. The van der Waals surface area contributed by atoms with Crippen molar-refractivity contribution in [2.24, 2.45) is 0 Å². The molecule has 0 unspecified atom stereocenters. The predicted octanol–water partition coefficient (Wildman–Crippen LogP) is 17.0. The van der Waals surface area contributed by atoms with Crippen LogP contribution in [0.3, 0.4) is 0 Å². The molecule has 0 saturated carbocycles. The second-order valence-electron chi connectivity index (χ2n) is 16.8. The summed E-state index contributed by atoms with van der Waals surface area (Å²) in [5, 5.41) is 2.51. The minimum Gasteiger partial charge on any atom is -0.310 e. The summed E-state index contributed by atoms with van der Waals surface area (Å²) in [5.41, 5.74) is 20.7. The highest BCUT2D eigenvalue weighted by Crippen LogP contribution is 2.55. The summed E-state index contributed by atoms with van der Waals surface area (Å²) in [5.74, 6) is 0. The highest BCUT2D eigenvalue weighted by molar-refractivity contribution is 6.07. The molecular formula is C61H45N. The number of hydrogen-bond acceptors (Lipinski definition) is 1. The van der Waals surface area contributed by atoms with Crippen LogP contribution in [-0.2, 0) is 5.41 Å². The zero-order chi connectivity index (χ0) is 41.6. The molecule has 0 amide bonds. The lowest BCUT2D eigenvalue weighted by Crippen LogP contribution is -2.17. The fraction of sp³-hybridized carbons (Fsp3) is 0.0492. The summed E-state index contributed by atoms with van der Waals surface area (Å²) in [6, 6.07) is 86.5. The molecule has 1 nitrogen and oxygen atoms in total. The van der Waals surface area contributed by atoms with Crippen LogP contribution in [0.5, 0.6) is 0 Å². The largest absolute Gasteiger partial charge is 0.310 e. The third-order valence-electron chi connectivity index (χ3n) is 12.9.